The molecule has 0 bridgehead atoms. The third-order valence-electron chi connectivity index (χ3n) is 4.46. The molecular formula is C20H25N5O5. The zero-order valence-corrected chi connectivity index (χ0v) is 17.0. The summed E-state index contributed by atoms with van der Waals surface area (Å²) < 4.78 is 10.7. The smallest absolute Gasteiger partial charge is 0.353 e. The molecule has 1 saturated heterocycles. The molecule has 2 N–H and O–H groups in total. The van der Waals surface area contributed by atoms with Gasteiger partial charge in [0.25, 0.3) is 0 Å². The Hall–Kier alpha value is -3.27. The fraction of sp³-hybridized carbons (Fsp3) is 0.450. The summed E-state index contributed by atoms with van der Waals surface area (Å²) in [6, 6.07) is 6.46. The Morgan fingerprint density at radius 1 is 1.30 bits per heavy atom. The van der Waals surface area contributed by atoms with E-state index in [4.69, 9.17) is 9.47 Å². The number of rotatable bonds is 9. The van der Waals surface area contributed by atoms with E-state index < -0.39 is 10.9 Å². The minimum absolute atomic E-state index is 0.0129. The lowest BCUT2D eigenvalue weighted by Crippen LogP contribution is -2.20. The normalized spacial score (nSPS) is 15.8. The van der Waals surface area contributed by atoms with Crippen LogP contribution in [0.4, 0.5) is 23.0 Å². The molecule has 0 aliphatic carbocycles. The van der Waals surface area contributed by atoms with Gasteiger partial charge in [0.2, 0.25) is 11.6 Å². The first-order valence-corrected chi connectivity index (χ1v) is 9.83. The number of hydrogen-bond donors (Lipinski definition) is 2. The largest absolute Gasteiger partial charge is 0.462 e. The molecule has 1 unspecified atom stereocenters. The van der Waals surface area contributed by atoms with Crippen molar-refractivity contribution < 1.29 is 19.2 Å². The van der Waals surface area contributed by atoms with Gasteiger partial charge < -0.3 is 20.1 Å². The molecule has 0 saturated carbocycles. The van der Waals surface area contributed by atoms with E-state index in [0.29, 0.717) is 31.0 Å². The van der Waals surface area contributed by atoms with Gasteiger partial charge in [-0.05, 0) is 43.0 Å². The van der Waals surface area contributed by atoms with E-state index >= 15 is 0 Å². The first-order chi connectivity index (χ1) is 14.4. The van der Waals surface area contributed by atoms with Gasteiger partial charge in [-0.25, -0.2) is 14.8 Å². The lowest BCUT2D eigenvalue weighted by molar-refractivity contribution is -0.383. The van der Waals surface area contributed by atoms with E-state index in [-0.39, 0.29) is 29.3 Å². The topological polar surface area (TPSA) is 129 Å². The number of hydrogen-bond acceptors (Lipinski definition) is 9. The van der Waals surface area contributed by atoms with E-state index in [1.54, 1.807) is 24.3 Å². The molecule has 10 heteroatoms. The lowest BCUT2D eigenvalue weighted by Gasteiger charge is -2.13. The summed E-state index contributed by atoms with van der Waals surface area (Å²) in [5.74, 6) is 0.0157. The van der Waals surface area contributed by atoms with Crippen LogP contribution < -0.4 is 10.6 Å². The summed E-state index contributed by atoms with van der Waals surface area (Å²) in [6.07, 6.45) is 3.15. The number of carbonyl (C=O) groups excluding carboxylic acids is 1. The molecule has 2 heterocycles. The molecule has 160 valence electrons. The van der Waals surface area contributed by atoms with Crippen LogP contribution in [0, 0.1) is 16.0 Å². The monoisotopic (exact) mass is 415 g/mol. The average molecular weight is 415 g/mol. The molecule has 1 fully saturated rings. The number of nitro groups is 1. The van der Waals surface area contributed by atoms with Crippen LogP contribution in [0.1, 0.15) is 37.0 Å². The van der Waals surface area contributed by atoms with Crippen LogP contribution in [0.3, 0.4) is 0 Å². The molecule has 3 rings (SSSR count). The van der Waals surface area contributed by atoms with Crippen LogP contribution in [0.15, 0.2) is 30.6 Å². The zero-order chi connectivity index (χ0) is 21.5. The number of nitrogens with zero attached hydrogens (tertiary/aromatic N) is 3. The van der Waals surface area contributed by atoms with Crippen molar-refractivity contribution in [1.82, 2.24) is 9.97 Å². The summed E-state index contributed by atoms with van der Waals surface area (Å²) in [6.45, 7) is 5.39. The van der Waals surface area contributed by atoms with Crippen LogP contribution >= 0.6 is 0 Å². The maximum atomic E-state index is 12.0. The van der Waals surface area contributed by atoms with Gasteiger partial charge in [0.05, 0.1) is 23.2 Å². The van der Waals surface area contributed by atoms with Crippen molar-refractivity contribution in [3.63, 3.8) is 0 Å². The molecule has 1 aliphatic rings. The van der Waals surface area contributed by atoms with Crippen LogP contribution in [-0.4, -0.2) is 46.7 Å². The number of esters is 1. The van der Waals surface area contributed by atoms with Crippen molar-refractivity contribution in [2.75, 3.05) is 30.4 Å². The van der Waals surface area contributed by atoms with Gasteiger partial charge in [-0.2, -0.15) is 0 Å². The quantitative estimate of drug-likeness (QED) is 0.359. The molecule has 10 nitrogen and oxygen atoms in total. The summed E-state index contributed by atoms with van der Waals surface area (Å²) in [7, 11) is 0. The van der Waals surface area contributed by atoms with Crippen molar-refractivity contribution in [1.29, 1.82) is 0 Å². The molecule has 1 aromatic heterocycles. The second kappa shape index (κ2) is 9.97. The fourth-order valence-electron chi connectivity index (χ4n) is 2.94. The van der Waals surface area contributed by atoms with Crippen molar-refractivity contribution in [2.24, 2.45) is 5.92 Å². The van der Waals surface area contributed by atoms with Gasteiger partial charge in [-0.3, -0.25) is 10.1 Å². The summed E-state index contributed by atoms with van der Waals surface area (Å²) in [4.78, 5) is 31.2. The van der Waals surface area contributed by atoms with E-state index in [1.807, 2.05) is 13.8 Å². The Morgan fingerprint density at radius 2 is 2.03 bits per heavy atom. The van der Waals surface area contributed by atoms with Crippen molar-refractivity contribution in [3.05, 3.63) is 46.3 Å². The predicted octanol–water partition coefficient (Wildman–Crippen LogP) is 3.53. The predicted molar refractivity (Wildman–Crippen MR) is 111 cm³/mol. The summed E-state index contributed by atoms with van der Waals surface area (Å²) in [5, 5.41) is 17.6. The van der Waals surface area contributed by atoms with Crippen LogP contribution in [0.25, 0.3) is 0 Å². The van der Waals surface area contributed by atoms with Gasteiger partial charge in [0.1, 0.15) is 6.33 Å². The van der Waals surface area contributed by atoms with Gasteiger partial charge in [0.15, 0.2) is 0 Å². The Balaban J connectivity index is 1.71. The van der Waals surface area contributed by atoms with Crippen LogP contribution in [-0.2, 0) is 9.47 Å². The maximum absolute atomic E-state index is 12.0. The summed E-state index contributed by atoms with van der Waals surface area (Å²) >= 11 is 0. The third-order valence-corrected chi connectivity index (χ3v) is 4.46. The minimum Gasteiger partial charge on any atom is -0.462 e. The molecule has 0 radical (unpaired) electrons. The highest BCUT2D eigenvalue weighted by Gasteiger charge is 2.24. The Kier molecular flexibility index (Phi) is 7.12. The number of carbonyl (C=O) groups is 1. The number of nitrogens with one attached hydrogen (secondary N) is 2. The van der Waals surface area contributed by atoms with Gasteiger partial charge in [-0.1, -0.05) is 13.8 Å². The first-order valence-electron chi connectivity index (χ1n) is 9.83. The highest BCUT2D eigenvalue weighted by Crippen LogP contribution is 2.31. The lowest BCUT2D eigenvalue weighted by atomic mass is 10.2. The second-order valence-electron chi connectivity index (χ2n) is 7.39. The summed E-state index contributed by atoms with van der Waals surface area (Å²) in [5.41, 5.74) is 0.690. The maximum Gasteiger partial charge on any atom is 0.353 e. The van der Waals surface area contributed by atoms with E-state index in [2.05, 4.69) is 20.6 Å². The number of benzene rings is 1. The van der Waals surface area contributed by atoms with E-state index in [0.717, 1.165) is 12.8 Å². The van der Waals surface area contributed by atoms with Crippen molar-refractivity contribution >= 4 is 29.0 Å². The Morgan fingerprint density at radius 3 is 2.67 bits per heavy atom. The average Bonchev–Trinajstić information content (AvgIpc) is 3.24. The van der Waals surface area contributed by atoms with Gasteiger partial charge >= 0.3 is 11.7 Å². The van der Waals surface area contributed by atoms with E-state index in [1.165, 1.54) is 6.33 Å². The fourth-order valence-corrected chi connectivity index (χ4v) is 2.94. The molecule has 30 heavy (non-hydrogen) atoms. The molecule has 0 amide bonds. The molecule has 1 atom stereocenters. The highest BCUT2D eigenvalue weighted by molar-refractivity contribution is 5.90. The van der Waals surface area contributed by atoms with E-state index in [9.17, 15) is 14.9 Å². The second-order valence-corrected chi connectivity index (χ2v) is 7.39. The third kappa shape index (κ3) is 5.63. The number of ether oxygens (including phenoxy) is 2. The molecular weight excluding hydrogens is 390 g/mol. The van der Waals surface area contributed by atoms with Gasteiger partial charge in [0, 0.05) is 18.8 Å². The highest BCUT2D eigenvalue weighted by atomic mass is 16.6. The standard InChI is InChI=1S/C20H25N5O5/c1-13(2)11-30-20(26)14-5-7-15(8-6-14)24-19-17(25(27)28)18(22-12-23-19)21-10-16-4-3-9-29-16/h5-8,12-13,16H,3-4,9-11H2,1-2H3,(H2,21,22,23,24). The Labute approximate surface area is 174 Å². The SMILES string of the molecule is CC(C)COC(=O)c1ccc(Nc2ncnc(NCC3CCCO3)c2[N+](=O)[O-])cc1. The molecule has 0 spiro atoms. The molecule has 1 aromatic carbocycles. The van der Waals surface area contributed by atoms with Crippen LogP contribution in [0.5, 0.6) is 0 Å². The zero-order valence-electron chi connectivity index (χ0n) is 17.0. The van der Waals surface area contributed by atoms with Gasteiger partial charge in [-0.15, -0.1) is 0 Å². The minimum atomic E-state index is -0.530. The van der Waals surface area contributed by atoms with Crippen LogP contribution in [0.2, 0.25) is 0 Å². The first kappa shape index (κ1) is 21.4. The van der Waals surface area contributed by atoms with Crippen molar-refractivity contribution in [2.45, 2.75) is 32.8 Å². The molecule has 2 aromatic rings. The number of anilines is 3. The molecule has 1 aliphatic heterocycles. The number of aromatic nitrogens is 2. The van der Waals surface area contributed by atoms with Crippen molar-refractivity contribution in [3.8, 4) is 0 Å². The Bertz CT molecular complexity index is 882.